The molecule has 2 aliphatic heterocycles. The maximum absolute atomic E-state index is 12.1. The first-order valence-electron chi connectivity index (χ1n) is 8.21. The number of amides is 1. The SMILES string of the molecule is Cl.Cl.O=C(NCC1CCCN1Cc1ccccc1)C1CNCCO1. The van der Waals surface area contributed by atoms with E-state index in [1.54, 1.807) is 0 Å². The van der Waals surface area contributed by atoms with Crippen LogP contribution in [0.5, 0.6) is 0 Å². The summed E-state index contributed by atoms with van der Waals surface area (Å²) >= 11 is 0. The Morgan fingerprint density at radius 3 is 2.79 bits per heavy atom. The molecule has 2 aliphatic rings. The molecule has 1 aromatic carbocycles. The van der Waals surface area contributed by atoms with Gasteiger partial charge in [-0.2, -0.15) is 0 Å². The molecular formula is C17H27Cl2N3O2. The monoisotopic (exact) mass is 375 g/mol. The van der Waals surface area contributed by atoms with Crippen LogP contribution >= 0.6 is 24.8 Å². The van der Waals surface area contributed by atoms with Crippen molar-refractivity contribution < 1.29 is 9.53 Å². The Balaban J connectivity index is 0.00000144. The van der Waals surface area contributed by atoms with Crippen LogP contribution < -0.4 is 10.6 Å². The Morgan fingerprint density at radius 2 is 2.08 bits per heavy atom. The molecule has 2 unspecified atom stereocenters. The van der Waals surface area contributed by atoms with Gasteiger partial charge < -0.3 is 15.4 Å². The molecule has 0 aromatic heterocycles. The highest BCUT2D eigenvalue weighted by Gasteiger charge is 2.27. The number of hydrogen-bond acceptors (Lipinski definition) is 4. The molecular weight excluding hydrogens is 349 g/mol. The van der Waals surface area contributed by atoms with Crippen LogP contribution in [-0.4, -0.2) is 55.7 Å². The minimum atomic E-state index is -0.335. The van der Waals surface area contributed by atoms with Crippen molar-refractivity contribution in [3.63, 3.8) is 0 Å². The molecule has 0 bridgehead atoms. The van der Waals surface area contributed by atoms with Gasteiger partial charge in [0.15, 0.2) is 0 Å². The number of carbonyl (C=O) groups excluding carboxylic acids is 1. The van der Waals surface area contributed by atoms with E-state index < -0.39 is 0 Å². The lowest BCUT2D eigenvalue weighted by molar-refractivity contribution is -0.134. The minimum absolute atomic E-state index is 0. The summed E-state index contributed by atoms with van der Waals surface area (Å²) in [5.74, 6) is 0.0127. The van der Waals surface area contributed by atoms with Gasteiger partial charge in [0, 0.05) is 32.2 Å². The third-order valence-corrected chi connectivity index (χ3v) is 4.46. The number of morpholine rings is 1. The van der Waals surface area contributed by atoms with Gasteiger partial charge in [0.1, 0.15) is 6.10 Å². The van der Waals surface area contributed by atoms with Gasteiger partial charge in [-0.1, -0.05) is 30.3 Å². The molecule has 0 radical (unpaired) electrons. The number of hydrogen-bond donors (Lipinski definition) is 2. The third kappa shape index (κ3) is 5.90. The molecule has 1 amide bonds. The topological polar surface area (TPSA) is 53.6 Å². The zero-order chi connectivity index (χ0) is 15.2. The number of ether oxygens (including phenoxy) is 1. The lowest BCUT2D eigenvalue weighted by Gasteiger charge is -2.27. The normalized spacial score (nSPS) is 23.8. The van der Waals surface area contributed by atoms with E-state index in [-0.39, 0.29) is 36.8 Å². The van der Waals surface area contributed by atoms with E-state index >= 15 is 0 Å². The number of halogens is 2. The van der Waals surface area contributed by atoms with Crippen molar-refractivity contribution in [2.75, 3.05) is 32.8 Å². The van der Waals surface area contributed by atoms with E-state index in [9.17, 15) is 4.79 Å². The molecule has 0 aliphatic carbocycles. The zero-order valence-corrected chi connectivity index (χ0v) is 15.4. The van der Waals surface area contributed by atoms with Crippen molar-refractivity contribution >= 4 is 30.7 Å². The van der Waals surface area contributed by atoms with Crippen LogP contribution in [0.2, 0.25) is 0 Å². The van der Waals surface area contributed by atoms with Gasteiger partial charge in [0.25, 0.3) is 5.91 Å². The molecule has 2 saturated heterocycles. The average Bonchev–Trinajstić information content (AvgIpc) is 3.01. The third-order valence-electron chi connectivity index (χ3n) is 4.46. The maximum atomic E-state index is 12.1. The molecule has 136 valence electrons. The maximum Gasteiger partial charge on any atom is 0.250 e. The number of nitrogens with one attached hydrogen (secondary N) is 2. The smallest absolute Gasteiger partial charge is 0.250 e. The summed E-state index contributed by atoms with van der Waals surface area (Å²) in [6, 6.07) is 11.0. The average molecular weight is 376 g/mol. The first kappa shape index (κ1) is 21.2. The van der Waals surface area contributed by atoms with Crippen LogP contribution in [0.15, 0.2) is 30.3 Å². The van der Waals surface area contributed by atoms with Crippen LogP contribution in [-0.2, 0) is 16.1 Å². The van der Waals surface area contributed by atoms with Crippen molar-refractivity contribution in [3.05, 3.63) is 35.9 Å². The van der Waals surface area contributed by atoms with E-state index in [4.69, 9.17) is 4.74 Å². The van der Waals surface area contributed by atoms with E-state index in [1.165, 1.54) is 12.0 Å². The standard InChI is InChI=1S/C17H25N3O2.2ClH/c21-17(16-12-18-8-10-22-16)19-11-15-7-4-9-20(15)13-14-5-2-1-3-6-14;;/h1-3,5-6,15-16,18H,4,7-13H2,(H,19,21);2*1H. The Bertz CT molecular complexity index is 484. The summed E-state index contributed by atoms with van der Waals surface area (Å²) < 4.78 is 5.49. The minimum Gasteiger partial charge on any atom is -0.366 e. The highest BCUT2D eigenvalue weighted by atomic mass is 35.5. The van der Waals surface area contributed by atoms with Crippen molar-refractivity contribution in [1.82, 2.24) is 15.5 Å². The fourth-order valence-corrected chi connectivity index (χ4v) is 3.22. The molecule has 3 rings (SSSR count). The fraction of sp³-hybridized carbons (Fsp3) is 0.588. The number of nitrogens with zero attached hydrogens (tertiary/aromatic N) is 1. The molecule has 1 aromatic rings. The van der Waals surface area contributed by atoms with Crippen molar-refractivity contribution in [3.8, 4) is 0 Å². The highest BCUT2D eigenvalue weighted by Crippen LogP contribution is 2.19. The Morgan fingerprint density at radius 1 is 1.29 bits per heavy atom. The number of rotatable bonds is 5. The zero-order valence-electron chi connectivity index (χ0n) is 13.8. The van der Waals surface area contributed by atoms with Gasteiger partial charge in [-0.15, -0.1) is 24.8 Å². The van der Waals surface area contributed by atoms with Gasteiger partial charge in [-0.3, -0.25) is 9.69 Å². The lowest BCUT2D eigenvalue weighted by atomic mass is 10.1. The van der Waals surface area contributed by atoms with Gasteiger partial charge >= 0.3 is 0 Å². The Labute approximate surface area is 156 Å². The first-order chi connectivity index (χ1) is 10.8. The molecule has 7 heteroatoms. The van der Waals surface area contributed by atoms with Crippen molar-refractivity contribution in [2.24, 2.45) is 0 Å². The van der Waals surface area contributed by atoms with Crippen LogP contribution in [0, 0.1) is 0 Å². The summed E-state index contributed by atoms with van der Waals surface area (Å²) in [4.78, 5) is 14.6. The predicted octanol–water partition coefficient (Wildman–Crippen LogP) is 1.60. The van der Waals surface area contributed by atoms with Crippen molar-refractivity contribution in [2.45, 2.75) is 31.5 Å². The van der Waals surface area contributed by atoms with E-state index in [0.717, 1.165) is 26.1 Å². The van der Waals surface area contributed by atoms with Gasteiger partial charge in [-0.05, 0) is 24.9 Å². The predicted molar refractivity (Wildman–Crippen MR) is 100.0 cm³/mol. The highest BCUT2D eigenvalue weighted by molar-refractivity contribution is 5.85. The van der Waals surface area contributed by atoms with Crippen LogP contribution in [0.1, 0.15) is 18.4 Å². The van der Waals surface area contributed by atoms with Gasteiger partial charge in [0.05, 0.1) is 6.61 Å². The van der Waals surface area contributed by atoms with Crippen LogP contribution in [0.4, 0.5) is 0 Å². The molecule has 5 nitrogen and oxygen atoms in total. The molecule has 2 N–H and O–H groups in total. The van der Waals surface area contributed by atoms with E-state index in [0.29, 0.717) is 25.7 Å². The first-order valence-corrected chi connectivity index (χ1v) is 8.21. The molecule has 2 fully saturated rings. The van der Waals surface area contributed by atoms with Gasteiger partial charge in [0.2, 0.25) is 0 Å². The molecule has 2 atom stereocenters. The number of benzene rings is 1. The molecule has 24 heavy (non-hydrogen) atoms. The summed E-state index contributed by atoms with van der Waals surface area (Å²) in [6.07, 6.45) is 2.02. The Kier molecular flexibility index (Phi) is 9.63. The van der Waals surface area contributed by atoms with Crippen molar-refractivity contribution in [1.29, 1.82) is 0 Å². The summed E-state index contributed by atoms with van der Waals surface area (Å²) in [7, 11) is 0. The largest absolute Gasteiger partial charge is 0.366 e. The lowest BCUT2D eigenvalue weighted by Crippen LogP contribution is -2.50. The van der Waals surface area contributed by atoms with E-state index in [2.05, 4.69) is 39.8 Å². The van der Waals surface area contributed by atoms with Crippen LogP contribution in [0.3, 0.4) is 0 Å². The second kappa shape index (κ2) is 10.9. The molecule has 0 spiro atoms. The summed E-state index contributed by atoms with van der Waals surface area (Å²) in [5.41, 5.74) is 1.33. The summed E-state index contributed by atoms with van der Waals surface area (Å²) in [6.45, 7) is 4.84. The second-order valence-electron chi connectivity index (χ2n) is 6.06. The molecule has 2 heterocycles. The molecule has 0 saturated carbocycles. The number of likely N-dealkylation sites (tertiary alicyclic amines) is 1. The van der Waals surface area contributed by atoms with Crippen LogP contribution in [0.25, 0.3) is 0 Å². The Hall–Kier alpha value is -0.850. The second-order valence-corrected chi connectivity index (χ2v) is 6.06. The number of carbonyl (C=O) groups is 1. The van der Waals surface area contributed by atoms with Gasteiger partial charge in [-0.25, -0.2) is 0 Å². The fourth-order valence-electron chi connectivity index (χ4n) is 3.22. The quantitative estimate of drug-likeness (QED) is 0.820. The summed E-state index contributed by atoms with van der Waals surface area (Å²) in [5, 5.41) is 6.25. The van der Waals surface area contributed by atoms with E-state index in [1.807, 2.05) is 6.07 Å².